The molecule has 0 aliphatic carbocycles. The second kappa shape index (κ2) is 11.3. The van der Waals surface area contributed by atoms with E-state index in [1.54, 1.807) is 12.3 Å². The molecule has 19 nitrogen and oxygen atoms in total. The number of hydrogen-bond donors (Lipinski definition) is 7. The van der Waals surface area contributed by atoms with E-state index in [9.17, 15) is 24.5 Å². The molecule has 242 valence electrons. The Morgan fingerprint density at radius 1 is 0.956 bits per heavy atom. The van der Waals surface area contributed by atoms with Gasteiger partial charge in [0.2, 0.25) is 5.95 Å². The lowest BCUT2D eigenvalue weighted by Crippen LogP contribution is -2.36. The van der Waals surface area contributed by atoms with Gasteiger partial charge in [-0.15, -0.1) is 0 Å². The molecule has 4 unspecified atom stereocenters. The highest BCUT2D eigenvalue weighted by Crippen LogP contribution is 2.58. The van der Waals surface area contributed by atoms with Crippen molar-refractivity contribution in [2.75, 3.05) is 24.7 Å². The Hall–Kier alpha value is -2.49. The first-order valence-electron chi connectivity index (χ1n) is 13.2. The molecule has 0 radical (unpaired) electrons. The molecule has 3 aliphatic heterocycles. The number of H-pyrrole nitrogens is 1. The van der Waals surface area contributed by atoms with Crippen molar-refractivity contribution in [3.63, 3.8) is 0 Å². The van der Waals surface area contributed by atoms with Crippen molar-refractivity contribution < 1.29 is 47.2 Å². The summed E-state index contributed by atoms with van der Waals surface area (Å²) in [4.78, 5) is 38.2. The third kappa shape index (κ3) is 5.61. The van der Waals surface area contributed by atoms with E-state index in [0.29, 0.717) is 11.0 Å². The van der Waals surface area contributed by atoms with Crippen LogP contribution in [0, 0.1) is 0 Å². The van der Waals surface area contributed by atoms with Gasteiger partial charge in [-0.3, -0.25) is 23.3 Å². The zero-order valence-corrected chi connectivity index (χ0v) is 26.2. The highest BCUT2D eigenvalue weighted by Gasteiger charge is 2.52. The number of anilines is 2. The highest BCUT2D eigenvalue weighted by molar-refractivity contribution is 8.44. The number of hydrogen-bond acceptors (Lipinski definition) is 16. The van der Waals surface area contributed by atoms with E-state index in [4.69, 9.17) is 50.8 Å². The lowest BCUT2D eigenvalue weighted by Gasteiger charge is -2.27. The molecule has 23 heteroatoms. The van der Waals surface area contributed by atoms with Crippen LogP contribution in [0.25, 0.3) is 22.1 Å². The van der Waals surface area contributed by atoms with Gasteiger partial charge in [0.25, 0.3) is 5.56 Å². The fourth-order valence-electron chi connectivity index (χ4n) is 5.57. The van der Waals surface area contributed by atoms with E-state index in [0.717, 1.165) is 0 Å². The van der Waals surface area contributed by atoms with Gasteiger partial charge in [-0.2, -0.15) is 4.98 Å². The third-order valence-corrected chi connectivity index (χ3v) is 10.8. The minimum absolute atomic E-state index is 0.0897. The maximum Gasteiger partial charge on any atom is 0.386 e. The number of thiol groups is 1. The summed E-state index contributed by atoms with van der Waals surface area (Å²) in [6, 6.07) is 3.08. The number of nitrogens with one attached hydrogen (secondary N) is 1. The van der Waals surface area contributed by atoms with Crippen LogP contribution in [0.3, 0.4) is 0 Å². The van der Waals surface area contributed by atoms with E-state index in [1.165, 1.54) is 27.7 Å². The van der Waals surface area contributed by atoms with E-state index < -0.39 is 81.4 Å². The van der Waals surface area contributed by atoms with E-state index in [-0.39, 0.29) is 22.8 Å². The van der Waals surface area contributed by atoms with Crippen LogP contribution in [-0.4, -0.2) is 94.0 Å². The number of nitrogens with zero attached hydrogens (tertiary/aromatic N) is 5. The first kappa shape index (κ1) is 31.1. The molecule has 2 bridgehead atoms. The van der Waals surface area contributed by atoms with Crippen molar-refractivity contribution >= 4 is 71.4 Å². The molecule has 7 rings (SSSR count). The van der Waals surface area contributed by atoms with Crippen molar-refractivity contribution in [2.45, 2.75) is 49.1 Å². The summed E-state index contributed by atoms with van der Waals surface area (Å²) in [6.45, 7) is -9.56. The summed E-state index contributed by atoms with van der Waals surface area (Å²) in [5.74, 6) is 0.0285. The van der Waals surface area contributed by atoms with Crippen LogP contribution >= 0.6 is 25.8 Å². The molecule has 3 saturated heterocycles. The number of aromatic nitrogens is 6. The fraction of sp³-hybridized carbons (Fsp3) is 0.455. The molecule has 10 atom stereocenters. The normalized spacial score (nSPS) is 37.7. The third-order valence-electron chi connectivity index (χ3n) is 7.62. The predicted octanol–water partition coefficient (Wildman–Crippen LogP) is -0.0776. The molecule has 4 aromatic heterocycles. The predicted molar refractivity (Wildman–Crippen MR) is 161 cm³/mol. The minimum Gasteiger partial charge on any atom is -0.387 e. The number of fused-ring (bicyclic) bond motifs is 5. The lowest BCUT2D eigenvalue weighted by atomic mass is 10.1. The average molecular weight is 705 g/mol. The van der Waals surface area contributed by atoms with Crippen molar-refractivity contribution in [1.82, 2.24) is 29.1 Å². The van der Waals surface area contributed by atoms with Crippen molar-refractivity contribution in [2.24, 2.45) is 0 Å². The van der Waals surface area contributed by atoms with Crippen LogP contribution in [0.5, 0.6) is 0 Å². The molecule has 45 heavy (non-hydrogen) atoms. The van der Waals surface area contributed by atoms with Crippen molar-refractivity contribution in [3.8, 4) is 0 Å². The average Bonchev–Trinajstić information content (AvgIpc) is 3.72. The number of nitrogen functional groups attached to an aromatic ring is 2. The quantitative estimate of drug-likeness (QED) is 0.106. The molecule has 0 amide bonds. The van der Waals surface area contributed by atoms with Gasteiger partial charge in [0, 0.05) is 12.4 Å². The van der Waals surface area contributed by atoms with Gasteiger partial charge in [0.05, 0.1) is 24.0 Å². The van der Waals surface area contributed by atoms with Gasteiger partial charge >= 0.3 is 13.5 Å². The largest absolute Gasteiger partial charge is 0.387 e. The lowest BCUT2D eigenvalue weighted by molar-refractivity contribution is -0.0592. The molecule has 4 aromatic rings. The molecular formula is C22H26N8O11P2S2. The number of rotatable bonds is 2. The van der Waals surface area contributed by atoms with Crippen LogP contribution in [0.15, 0.2) is 35.6 Å². The number of ether oxygens (including phenoxy) is 2. The Morgan fingerprint density at radius 3 is 2.42 bits per heavy atom. The van der Waals surface area contributed by atoms with Gasteiger partial charge < -0.3 is 49.7 Å². The number of aliphatic hydroxyl groups is 2. The zero-order valence-electron chi connectivity index (χ0n) is 22.7. The standard InChI is InChI=1S/C22H26N8O11P2S2/c23-16-8-1-3-29(17(8)26-7-25-16)20-13(32)14-11(39-20)6-37-43(35,45)41-15-12(31)10(5-36-42(34,44)40-14)38-21(15)30-4-2-9-18(30)27-22(24)28-19(9)33/h1-4,7,10-15,20-21,31-32H,5-6H2,(H,34,44)(H,35,45)(H2,23,25,26)(H3,24,27,28,33)/t10-,11-,12?,13+,14?,15+,20-,21-,42?,43?/m1/s1. The second-order valence-corrected chi connectivity index (χ2v) is 16.1. The fourth-order valence-corrected chi connectivity index (χ4v) is 8.48. The molecule has 0 spiro atoms. The molecule has 0 aromatic carbocycles. The van der Waals surface area contributed by atoms with Crippen LogP contribution in [-0.2, 0) is 43.9 Å². The Balaban J connectivity index is 1.21. The molecular weight excluding hydrogens is 678 g/mol. The van der Waals surface area contributed by atoms with Crippen LogP contribution in [0.2, 0.25) is 0 Å². The van der Waals surface area contributed by atoms with Gasteiger partial charge in [0.15, 0.2) is 18.1 Å². The van der Waals surface area contributed by atoms with Gasteiger partial charge in [-0.1, -0.05) is 12.2 Å². The summed E-state index contributed by atoms with van der Waals surface area (Å²) in [5, 5.41) is 23.1. The van der Waals surface area contributed by atoms with E-state index in [1.807, 2.05) is 0 Å². The Labute approximate surface area is 262 Å². The SMILES string of the molecule is Nc1nc2c(ccn2[C@@H]2O[C@@H]3COP(=O)(S)OC4[C@@H](COP(O)(=S)O[C@H]2C3O)O[C@@H](n2ccc3c(N)ncnc32)[C@H]4O)c(=O)[nH]1. The Morgan fingerprint density at radius 2 is 1.64 bits per heavy atom. The number of aliphatic hydroxyl groups excluding tert-OH is 2. The second-order valence-electron chi connectivity index (χ2n) is 10.4. The van der Waals surface area contributed by atoms with Gasteiger partial charge in [-0.25, -0.2) is 14.5 Å². The number of aromatic amines is 1. The van der Waals surface area contributed by atoms with Crippen molar-refractivity contribution in [1.29, 1.82) is 0 Å². The summed E-state index contributed by atoms with van der Waals surface area (Å²) in [7, 11) is 0. The first-order chi connectivity index (χ1) is 21.3. The van der Waals surface area contributed by atoms with Gasteiger partial charge in [0.1, 0.15) is 54.4 Å². The van der Waals surface area contributed by atoms with E-state index in [2.05, 4.69) is 32.2 Å². The molecule has 3 aliphatic rings. The van der Waals surface area contributed by atoms with Crippen LogP contribution in [0.4, 0.5) is 11.8 Å². The summed E-state index contributed by atoms with van der Waals surface area (Å²) < 4.78 is 50.8. The summed E-state index contributed by atoms with van der Waals surface area (Å²) in [5.41, 5.74) is 11.6. The maximum absolute atomic E-state index is 13.4. The molecule has 3 fully saturated rings. The molecule has 8 N–H and O–H groups in total. The zero-order chi connectivity index (χ0) is 31.8. The monoisotopic (exact) mass is 704 g/mol. The maximum atomic E-state index is 13.4. The number of nitrogens with two attached hydrogens (primary N) is 2. The van der Waals surface area contributed by atoms with Crippen LogP contribution < -0.4 is 17.0 Å². The first-order valence-corrected chi connectivity index (χ1v) is 18.5. The highest BCUT2D eigenvalue weighted by atomic mass is 32.7. The van der Waals surface area contributed by atoms with Crippen molar-refractivity contribution in [3.05, 3.63) is 41.2 Å². The Kier molecular flexibility index (Phi) is 7.84. The molecule has 0 saturated carbocycles. The molecule has 7 heterocycles. The summed E-state index contributed by atoms with van der Waals surface area (Å²) >= 11 is 9.35. The summed E-state index contributed by atoms with van der Waals surface area (Å²) in [6.07, 6.45) is -6.33. The smallest absolute Gasteiger partial charge is 0.386 e. The van der Waals surface area contributed by atoms with Gasteiger partial charge in [-0.05, 0) is 23.9 Å². The Bertz CT molecular complexity index is 1940. The minimum atomic E-state index is -4.29. The topological polar surface area (TPSA) is 267 Å². The van der Waals surface area contributed by atoms with E-state index >= 15 is 0 Å². The van der Waals surface area contributed by atoms with Crippen LogP contribution in [0.1, 0.15) is 12.5 Å².